The second-order valence-corrected chi connectivity index (χ2v) is 10.7. The number of carbonyl (C=O) groups excluding carboxylic acids is 1. The van der Waals surface area contributed by atoms with Crippen molar-refractivity contribution >= 4 is 15.9 Å². The van der Waals surface area contributed by atoms with E-state index in [9.17, 15) is 13.2 Å². The largest absolute Gasteiger partial charge is 0.353 e. The highest BCUT2D eigenvalue weighted by Crippen LogP contribution is 2.31. The van der Waals surface area contributed by atoms with E-state index in [0.717, 1.165) is 50.6 Å². The number of hydrogen-bond donors (Lipinski definition) is 0. The molecule has 4 rings (SSSR count). The Balaban J connectivity index is 1.41. The van der Waals surface area contributed by atoms with Gasteiger partial charge in [-0.05, 0) is 61.9 Å². The molecule has 2 aliphatic rings. The fraction of sp³-hybridized carbons (Fsp3) is 0.542. The molecule has 0 radical (unpaired) electrons. The number of aryl methyl sites for hydroxylation is 2. The SMILES string of the molecule is Cn1cccc1C1CCCCCN1C(=O)CCc1ccc(S(=O)(=O)N2CCCC2)cc1. The van der Waals surface area contributed by atoms with Crippen molar-refractivity contribution in [2.75, 3.05) is 19.6 Å². The highest BCUT2D eigenvalue weighted by atomic mass is 32.2. The van der Waals surface area contributed by atoms with Gasteiger partial charge in [0.2, 0.25) is 15.9 Å². The van der Waals surface area contributed by atoms with Crippen LogP contribution in [0, 0.1) is 0 Å². The van der Waals surface area contributed by atoms with Gasteiger partial charge in [0.1, 0.15) is 0 Å². The average Bonchev–Trinajstić information content (AvgIpc) is 3.40. The first-order chi connectivity index (χ1) is 15.0. The summed E-state index contributed by atoms with van der Waals surface area (Å²) in [7, 11) is -1.35. The Kier molecular flexibility index (Phi) is 6.82. The third kappa shape index (κ3) is 4.88. The third-order valence-electron chi connectivity index (χ3n) is 6.65. The second-order valence-electron chi connectivity index (χ2n) is 8.75. The lowest BCUT2D eigenvalue weighted by atomic mass is 10.0. The standard InChI is InChI=1S/C24H33N3O3S/c1-25-16-7-9-22(25)23-8-3-2-4-19-27(23)24(28)15-12-20-10-13-21(14-11-20)31(29,30)26-17-5-6-18-26/h7,9-11,13-14,16,23H,2-6,8,12,15,17-19H2,1H3. The zero-order valence-corrected chi connectivity index (χ0v) is 19.2. The Hall–Kier alpha value is -2.12. The first-order valence-corrected chi connectivity index (χ1v) is 12.9. The minimum absolute atomic E-state index is 0.142. The zero-order chi connectivity index (χ0) is 21.8. The molecular weight excluding hydrogens is 410 g/mol. The van der Waals surface area contributed by atoms with Crippen LogP contribution in [0.25, 0.3) is 0 Å². The van der Waals surface area contributed by atoms with Crippen LogP contribution in [-0.2, 0) is 28.3 Å². The Labute approximate surface area is 185 Å². The molecule has 0 spiro atoms. The number of likely N-dealkylation sites (tertiary alicyclic amines) is 1. The van der Waals surface area contributed by atoms with E-state index in [1.807, 2.05) is 31.4 Å². The normalized spacial score (nSPS) is 20.7. The van der Waals surface area contributed by atoms with Gasteiger partial charge in [-0.25, -0.2) is 8.42 Å². The zero-order valence-electron chi connectivity index (χ0n) is 18.4. The van der Waals surface area contributed by atoms with Gasteiger partial charge in [0.05, 0.1) is 10.9 Å². The van der Waals surface area contributed by atoms with E-state index in [-0.39, 0.29) is 11.9 Å². The van der Waals surface area contributed by atoms with E-state index >= 15 is 0 Å². The molecule has 1 amide bonds. The number of sulfonamides is 1. The number of amides is 1. The molecule has 2 fully saturated rings. The van der Waals surface area contributed by atoms with Crippen LogP contribution in [0.5, 0.6) is 0 Å². The lowest BCUT2D eigenvalue weighted by Gasteiger charge is -2.31. The van der Waals surface area contributed by atoms with E-state index in [1.54, 1.807) is 16.4 Å². The molecule has 1 aromatic heterocycles. The lowest BCUT2D eigenvalue weighted by Crippen LogP contribution is -2.35. The third-order valence-corrected chi connectivity index (χ3v) is 8.57. The molecule has 2 aliphatic heterocycles. The van der Waals surface area contributed by atoms with E-state index < -0.39 is 10.0 Å². The van der Waals surface area contributed by atoms with Crippen LogP contribution in [0.4, 0.5) is 0 Å². The first-order valence-electron chi connectivity index (χ1n) is 11.5. The van der Waals surface area contributed by atoms with Gasteiger partial charge in [-0.2, -0.15) is 4.31 Å². The minimum atomic E-state index is -3.39. The maximum atomic E-state index is 13.2. The summed E-state index contributed by atoms with van der Waals surface area (Å²) < 4.78 is 29.1. The molecule has 0 bridgehead atoms. The molecule has 1 atom stereocenters. The monoisotopic (exact) mass is 443 g/mol. The van der Waals surface area contributed by atoms with Crippen molar-refractivity contribution < 1.29 is 13.2 Å². The van der Waals surface area contributed by atoms with E-state index in [2.05, 4.69) is 15.5 Å². The molecule has 3 heterocycles. The molecule has 0 aliphatic carbocycles. The number of aromatic nitrogens is 1. The molecule has 0 N–H and O–H groups in total. The van der Waals surface area contributed by atoms with Gasteiger partial charge in [0, 0.05) is 45.0 Å². The van der Waals surface area contributed by atoms with E-state index in [1.165, 1.54) is 5.69 Å². The summed E-state index contributed by atoms with van der Waals surface area (Å²) in [6, 6.07) is 11.4. The first kappa shape index (κ1) is 22.1. The van der Waals surface area contributed by atoms with Gasteiger partial charge in [-0.15, -0.1) is 0 Å². The predicted molar refractivity (Wildman–Crippen MR) is 121 cm³/mol. The van der Waals surface area contributed by atoms with Crippen molar-refractivity contribution in [1.29, 1.82) is 0 Å². The summed E-state index contributed by atoms with van der Waals surface area (Å²) in [5.74, 6) is 0.182. The van der Waals surface area contributed by atoms with Crippen molar-refractivity contribution in [2.24, 2.45) is 7.05 Å². The molecule has 31 heavy (non-hydrogen) atoms. The summed E-state index contributed by atoms with van der Waals surface area (Å²) in [6.45, 7) is 2.02. The van der Waals surface area contributed by atoms with Gasteiger partial charge < -0.3 is 9.47 Å². The quantitative estimate of drug-likeness (QED) is 0.681. The van der Waals surface area contributed by atoms with Gasteiger partial charge in [0.25, 0.3) is 0 Å². The molecule has 1 aromatic carbocycles. The molecule has 168 valence electrons. The Morgan fingerprint density at radius 3 is 2.35 bits per heavy atom. The van der Waals surface area contributed by atoms with Crippen LogP contribution in [-0.4, -0.2) is 47.7 Å². The average molecular weight is 444 g/mol. The molecule has 0 saturated carbocycles. The molecule has 1 unspecified atom stereocenters. The maximum Gasteiger partial charge on any atom is 0.243 e. The Bertz CT molecular complexity index is 991. The van der Waals surface area contributed by atoms with Crippen molar-refractivity contribution in [2.45, 2.75) is 62.3 Å². The van der Waals surface area contributed by atoms with Crippen molar-refractivity contribution in [1.82, 2.24) is 13.8 Å². The highest BCUT2D eigenvalue weighted by molar-refractivity contribution is 7.89. The number of carbonyl (C=O) groups is 1. The van der Waals surface area contributed by atoms with E-state index in [4.69, 9.17) is 0 Å². The lowest BCUT2D eigenvalue weighted by molar-refractivity contribution is -0.133. The number of rotatable bonds is 6. The molecule has 7 heteroatoms. The van der Waals surface area contributed by atoms with Crippen LogP contribution >= 0.6 is 0 Å². The van der Waals surface area contributed by atoms with Gasteiger partial charge in [-0.3, -0.25) is 4.79 Å². The molecule has 2 saturated heterocycles. The van der Waals surface area contributed by atoms with Crippen molar-refractivity contribution in [3.63, 3.8) is 0 Å². The summed E-state index contributed by atoms with van der Waals surface area (Å²) in [5.41, 5.74) is 2.20. The topological polar surface area (TPSA) is 62.6 Å². The van der Waals surface area contributed by atoms with Crippen LogP contribution in [0.15, 0.2) is 47.5 Å². The molecule has 2 aromatic rings. The summed E-state index contributed by atoms with van der Waals surface area (Å²) in [5, 5.41) is 0. The molecule has 6 nitrogen and oxygen atoms in total. The predicted octanol–water partition coefficient (Wildman–Crippen LogP) is 3.89. The Morgan fingerprint density at radius 1 is 0.968 bits per heavy atom. The number of benzene rings is 1. The number of nitrogens with zero attached hydrogens (tertiary/aromatic N) is 3. The number of hydrogen-bond acceptors (Lipinski definition) is 3. The fourth-order valence-electron chi connectivity index (χ4n) is 4.84. The molecular formula is C24H33N3O3S. The van der Waals surface area contributed by atoms with Crippen LogP contribution in [0.2, 0.25) is 0 Å². The van der Waals surface area contributed by atoms with Gasteiger partial charge >= 0.3 is 0 Å². The second kappa shape index (κ2) is 9.57. The van der Waals surface area contributed by atoms with Crippen LogP contribution in [0.1, 0.15) is 62.2 Å². The summed E-state index contributed by atoms with van der Waals surface area (Å²) in [4.78, 5) is 15.6. The van der Waals surface area contributed by atoms with Gasteiger partial charge in [0.15, 0.2) is 0 Å². The van der Waals surface area contributed by atoms with Crippen molar-refractivity contribution in [3.05, 3.63) is 53.9 Å². The van der Waals surface area contributed by atoms with Crippen LogP contribution < -0.4 is 0 Å². The van der Waals surface area contributed by atoms with Crippen LogP contribution in [0.3, 0.4) is 0 Å². The Morgan fingerprint density at radius 2 is 1.68 bits per heavy atom. The highest BCUT2D eigenvalue weighted by Gasteiger charge is 2.29. The summed E-state index contributed by atoms with van der Waals surface area (Å²) >= 11 is 0. The fourth-order valence-corrected chi connectivity index (χ4v) is 6.35. The summed E-state index contributed by atoms with van der Waals surface area (Å²) in [6.07, 6.45) is 9.34. The van der Waals surface area contributed by atoms with Crippen molar-refractivity contribution in [3.8, 4) is 0 Å². The maximum absolute atomic E-state index is 13.2. The van der Waals surface area contributed by atoms with Gasteiger partial charge in [-0.1, -0.05) is 25.0 Å². The van der Waals surface area contributed by atoms with E-state index in [0.29, 0.717) is 30.8 Å². The minimum Gasteiger partial charge on any atom is -0.353 e. The smallest absolute Gasteiger partial charge is 0.243 e.